The molecular weight excluding hydrogens is 350 g/mol. The quantitative estimate of drug-likeness (QED) is 0.800. The highest BCUT2D eigenvalue weighted by Gasteiger charge is 2.30. The molecule has 0 radical (unpaired) electrons. The summed E-state index contributed by atoms with van der Waals surface area (Å²) in [5.41, 5.74) is 3.94. The zero-order valence-electron chi connectivity index (χ0n) is 16.9. The first-order valence-corrected chi connectivity index (χ1v) is 9.93. The lowest BCUT2D eigenvalue weighted by atomic mass is 9.85. The summed E-state index contributed by atoms with van der Waals surface area (Å²) in [5, 5.41) is 6.00. The van der Waals surface area contributed by atoms with Crippen molar-refractivity contribution in [2.45, 2.75) is 33.6 Å². The van der Waals surface area contributed by atoms with Gasteiger partial charge in [0.2, 0.25) is 5.91 Å². The van der Waals surface area contributed by atoms with Crippen LogP contribution in [0.5, 0.6) is 0 Å². The number of piperidine rings is 1. The number of rotatable bonds is 4. The molecule has 3 rings (SSSR count). The monoisotopic (exact) mass is 379 g/mol. The molecule has 5 heteroatoms. The first-order chi connectivity index (χ1) is 13.4. The maximum atomic E-state index is 12.7. The highest BCUT2D eigenvalue weighted by atomic mass is 16.2. The number of anilines is 2. The van der Waals surface area contributed by atoms with E-state index in [2.05, 4.69) is 16.7 Å². The summed E-state index contributed by atoms with van der Waals surface area (Å²) in [6.07, 6.45) is 1.67. The fraction of sp³-hybridized carbons (Fsp3) is 0.391. The molecule has 0 saturated carbocycles. The SMILES string of the molecule is Cc1ccc(NC(=O)[C@@H](C)C2CCN(C(=O)Nc3ccccc3)CC2)c(C)c1. The Bertz CT molecular complexity index is 827. The third kappa shape index (κ3) is 4.91. The molecule has 5 nitrogen and oxygen atoms in total. The molecule has 1 atom stereocenters. The molecule has 148 valence electrons. The molecule has 0 bridgehead atoms. The Labute approximate surface area is 167 Å². The highest BCUT2D eigenvalue weighted by Crippen LogP contribution is 2.27. The Morgan fingerprint density at radius 2 is 1.68 bits per heavy atom. The number of nitrogens with one attached hydrogen (secondary N) is 2. The van der Waals surface area contributed by atoms with Crippen LogP contribution in [0.1, 0.15) is 30.9 Å². The molecule has 2 aromatic rings. The van der Waals surface area contributed by atoms with E-state index in [0.29, 0.717) is 13.1 Å². The second kappa shape index (κ2) is 8.91. The van der Waals surface area contributed by atoms with Gasteiger partial charge in [0.05, 0.1) is 0 Å². The number of likely N-dealkylation sites (tertiary alicyclic amines) is 1. The predicted molar refractivity (Wildman–Crippen MR) is 113 cm³/mol. The minimum Gasteiger partial charge on any atom is -0.326 e. The summed E-state index contributed by atoms with van der Waals surface area (Å²) in [4.78, 5) is 27.0. The smallest absolute Gasteiger partial charge is 0.321 e. The Kier molecular flexibility index (Phi) is 6.34. The van der Waals surface area contributed by atoms with Gasteiger partial charge < -0.3 is 15.5 Å². The van der Waals surface area contributed by atoms with Crippen LogP contribution >= 0.6 is 0 Å². The molecule has 0 aliphatic carbocycles. The van der Waals surface area contributed by atoms with Crippen molar-refractivity contribution < 1.29 is 9.59 Å². The molecule has 2 N–H and O–H groups in total. The Morgan fingerprint density at radius 1 is 1.00 bits per heavy atom. The summed E-state index contributed by atoms with van der Waals surface area (Å²) >= 11 is 0. The fourth-order valence-corrected chi connectivity index (χ4v) is 3.74. The van der Waals surface area contributed by atoms with Crippen molar-refractivity contribution in [3.05, 3.63) is 59.7 Å². The van der Waals surface area contributed by atoms with Crippen molar-refractivity contribution in [3.63, 3.8) is 0 Å². The van der Waals surface area contributed by atoms with Crippen LogP contribution < -0.4 is 10.6 Å². The first-order valence-electron chi connectivity index (χ1n) is 9.93. The number of urea groups is 1. The van der Waals surface area contributed by atoms with Crippen LogP contribution in [0.4, 0.5) is 16.2 Å². The largest absolute Gasteiger partial charge is 0.326 e. The zero-order chi connectivity index (χ0) is 20.1. The van der Waals surface area contributed by atoms with Crippen LogP contribution in [0.15, 0.2) is 48.5 Å². The van der Waals surface area contributed by atoms with Crippen molar-refractivity contribution >= 4 is 23.3 Å². The second-order valence-corrected chi connectivity index (χ2v) is 7.72. The van der Waals surface area contributed by atoms with Crippen molar-refractivity contribution in [1.82, 2.24) is 4.90 Å². The Morgan fingerprint density at radius 3 is 2.32 bits per heavy atom. The van der Waals surface area contributed by atoms with E-state index in [4.69, 9.17) is 0 Å². The van der Waals surface area contributed by atoms with Gasteiger partial charge in [0, 0.05) is 30.4 Å². The number of carbonyl (C=O) groups excluding carboxylic acids is 2. The topological polar surface area (TPSA) is 61.4 Å². The molecule has 3 amide bonds. The molecule has 1 fully saturated rings. The van der Waals surface area contributed by atoms with Gasteiger partial charge in [-0.2, -0.15) is 0 Å². The molecule has 1 aliphatic rings. The van der Waals surface area contributed by atoms with Gasteiger partial charge in [0.15, 0.2) is 0 Å². The lowest BCUT2D eigenvalue weighted by Crippen LogP contribution is -2.43. The van der Waals surface area contributed by atoms with Crippen molar-refractivity contribution in [2.24, 2.45) is 11.8 Å². The number of aryl methyl sites for hydroxylation is 2. The van der Waals surface area contributed by atoms with Crippen LogP contribution in [0.3, 0.4) is 0 Å². The number of benzene rings is 2. The van der Waals surface area contributed by atoms with Crippen LogP contribution in [0.2, 0.25) is 0 Å². The van der Waals surface area contributed by atoms with Crippen molar-refractivity contribution in [3.8, 4) is 0 Å². The van der Waals surface area contributed by atoms with Crippen LogP contribution in [0, 0.1) is 25.7 Å². The summed E-state index contributed by atoms with van der Waals surface area (Å²) in [7, 11) is 0. The maximum Gasteiger partial charge on any atom is 0.321 e. The first kappa shape index (κ1) is 19.9. The lowest BCUT2D eigenvalue weighted by molar-refractivity contribution is -0.121. The van der Waals surface area contributed by atoms with E-state index in [9.17, 15) is 9.59 Å². The van der Waals surface area contributed by atoms with Gasteiger partial charge in [-0.25, -0.2) is 4.79 Å². The minimum atomic E-state index is -0.0833. The van der Waals surface area contributed by atoms with Gasteiger partial charge in [0.1, 0.15) is 0 Å². The standard InChI is InChI=1S/C23H29N3O2/c1-16-9-10-21(17(2)15-16)25-22(27)18(3)19-11-13-26(14-12-19)23(28)24-20-7-5-4-6-8-20/h4-10,15,18-19H,11-14H2,1-3H3,(H,24,28)(H,25,27)/t18-/m0/s1. The van der Waals surface area contributed by atoms with Gasteiger partial charge in [0.25, 0.3) is 0 Å². The molecule has 1 aliphatic heterocycles. The predicted octanol–water partition coefficient (Wildman–Crippen LogP) is 4.82. The van der Waals surface area contributed by atoms with E-state index >= 15 is 0 Å². The van der Waals surface area contributed by atoms with Crippen LogP contribution in [-0.4, -0.2) is 29.9 Å². The van der Waals surface area contributed by atoms with Crippen LogP contribution in [0.25, 0.3) is 0 Å². The van der Waals surface area contributed by atoms with Gasteiger partial charge in [-0.1, -0.05) is 42.8 Å². The van der Waals surface area contributed by atoms with Crippen LogP contribution in [-0.2, 0) is 4.79 Å². The lowest BCUT2D eigenvalue weighted by Gasteiger charge is -2.34. The number of carbonyl (C=O) groups is 2. The van der Waals surface area contributed by atoms with Gasteiger partial charge in [-0.05, 0) is 56.4 Å². The molecular formula is C23H29N3O2. The highest BCUT2D eigenvalue weighted by molar-refractivity contribution is 5.93. The van der Waals surface area contributed by atoms with E-state index in [1.807, 2.05) is 68.1 Å². The number of hydrogen-bond acceptors (Lipinski definition) is 2. The Hall–Kier alpha value is -2.82. The maximum absolute atomic E-state index is 12.7. The van der Waals surface area contributed by atoms with Gasteiger partial charge in [-0.3, -0.25) is 4.79 Å². The third-order valence-corrected chi connectivity index (χ3v) is 5.61. The molecule has 28 heavy (non-hydrogen) atoms. The van der Waals surface area contributed by atoms with Gasteiger partial charge >= 0.3 is 6.03 Å². The van der Waals surface area contributed by atoms with E-state index in [0.717, 1.165) is 29.8 Å². The molecule has 0 unspecified atom stereocenters. The van der Waals surface area contributed by atoms with E-state index in [-0.39, 0.29) is 23.8 Å². The van der Waals surface area contributed by atoms with E-state index < -0.39 is 0 Å². The fourth-order valence-electron chi connectivity index (χ4n) is 3.74. The second-order valence-electron chi connectivity index (χ2n) is 7.72. The normalized spacial score (nSPS) is 15.8. The third-order valence-electron chi connectivity index (χ3n) is 5.61. The Balaban J connectivity index is 1.51. The summed E-state index contributed by atoms with van der Waals surface area (Å²) in [6, 6.07) is 15.5. The van der Waals surface area contributed by atoms with E-state index in [1.54, 1.807) is 0 Å². The minimum absolute atomic E-state index is 0.0548. The van der Waals surface area contributed by atoms with E-state index in [1.165, 1.54) is 5.56 Å². The molecule has 0 aromatic heterocycles. The summed E-state index contributed by atoms with van der Waals surface area (Å²) in [5.74, 6) is 0.255. The molecule has 2 aromatic carbocycles. The summed E-state index contributed by atoms with van der Waals surface area (Å²) in [6.45, 7) is 7.39. The number of hydrogen-bond donors (Lipinski definition) is 2. The zero-order valence-corrected chi connectivity index (χ0v) is 16.9. The summed E-state index contributed by atoms with van der Waals surface area (Å²) < 4.78 is 0. The number of para-hydroxylation sites is 1. The number of amides is 3. The molecule has 0 spiro atoms. The van der Waals surface area contributed by atoms with Crippen molar-refractivity contribution in [1.29, 1.82) is 0 Å². The average Bonchev–Trinajstić information content (AvgIpc) is 2.70. The molecule has 1 saturated heterocycles. The molecule has 1 heterocycles. The van der Waals surface area contributed by atoms with Crippen molar-refractivity contribution in [2.75, 3.05) is 23.7 Å². The van der Waals surface area contributed by atoms with Gasteiger partial charge in [-0.15, -0.1) is 0 Å². The average molecular weight is 380 g/mol. The number of nitrogens with zero attached hydrogens (tertiary/aromatic N) is 1.